The fourth-order valence-electron chi connectivity index (χ4n) is 3.75. The van der Waals surface area contributed by atoms with Crippen LogP contribution in [0.1, 0.15) is 21.9 Å². The predicted molar refractivity (Wildman–Crippen MR) is 116 cm³/mol. The number of nitrogens with zero attached hydrogens (tertiary/aromatic N) is 4. The fourth-order valence-corrected chi connectivity index (χ4v) is 3.75. The minimum Gasteiger partial charge on any atom is -0.479 e. The smallest absolute Gasteiger partial charge is 0.261 e. The van der Waals surface area contributed by atoms with Crippen LogP contribution in [0.5, 0.6) is 5.88 Å². The fraction of sp³-hybridized carbons (Fsp3) is 0.217. The van der Waals surface area contributed by atoms with Crippen molar-refractivity contribution >= 4 is 11.6 Å². The van der Waals surface area contributed by atoms with Crippen molar-refractivity contribution in [1.82, 2.24) is 19.7 Å². The Bertz CT molecular complexity index is 1280. The van der Waals surface area contributed by atoms with Crippen LogP contribution in [-0.2, 0) is 17.9 Å². The Balaban J connectivity index is 1.45. The first-order valence-corrected chi connectivity index (χ1v) is 10.2. The molecule has 0 radical (unpaired) electrons. The van der Waals surface area contributed by atoms with Crippen molar-refractivity contribution in [3.63, 3.8) is 0 Å². The molecule has 0 fully saturated rings. The number of amides is 1. The summed E-state index contributed by atoms with van der Waals surface area (Å²) in [6.07, 6.45) is 1.77. The van der Waals surface area contributed by atoms with Gasteiger partial charge in [0.1, 0.15) is 35.1 Å². The van der Waals surface area contributed by atoms with E-state index in [1.807, 2.05) is 36.4 Å². The molecule has 0 aliphatic carbocycles. The van der Waals surface area contributed by atoms with E-state index in [0.29, 0.717) is 54.0 Å². The highest BCUT2D eigenvalue weighted by molar-refractivity contribution is 6.09. The van der Waals surface area contributed by atoms with Crippen molar-refractivity contribution in [2.45, 2.75) is 20.1 Å². The SMILES string of the molecule is COc1nc(-c2cnc3n2CCOC3)ccc1NC(=O)c1c(-c2ccccc2)noc1C. The summed E-state index contributed by atoms with van der Waals surface area (Å²) >= 11 is 0. The van der Waals surface area contributed by atoms with Crippen molar-refractivity contribution in [1.29, 1.82) is 0 Å². The Hall–Kier alpha value is -3.98. The van der Waals surface area contributed by atoms with Crippen LogP contribution in [0, 0.1) is 6.92 Å². The molecule has 0 spiro atoms. The number of hydrogen-bond donors (Lipinski definition) is 1. The van der Waals surface area contributed by atoms with Gasteiger partial charge in [-0.1, -0.05) is 35.5 Å². The van der Waals surface area contributed by atoms with Gasteiger partial charge < -0.3 is 23.9 Å². The number of carbonyl (C=O) groups is 1. The van der Waals surface area contributed by atoms with Crippen molar-refractivity contribution in [2.75, 3.05) is 19.0 Å². The first-order chi connectivity index (χ1) is 15.7. The number of aryl methyl sites for hydroxylation is 1. The average Bonchev–Trinajstić information content (AvgIpc) is 3.43. The number of fused-ring (bicyclic) bond motifs is 1. The summed E-state index contributed by atoms with van der Waals surface area (Å²) in [7, 11) is 1.52. The number of imidazole rings is 1. The molecule has 1 aliphatic rings. The molecule has 1 amide bonds. The molecule has 1 N–H and O–H groups in total. The van der Waals surface area contributed by atoms with Gasteiger partial charge in [-0.2, -0.15) is 0 Å². The zero-order valence-corrected chi connectivity index (χ0v) is 17.7. The molecule has 3 aromatic heterocycles. The maximum atomic E-state index is 13.1. The molecule has 0 unspecified atom stereocenters. The molecule has 0 saturated carbocycles. The number of rotatable bonds is 5. The van der Waals surface area contributed by atoms with Gasteiger partial charge in [0, 0.05) is 12.1 Å². The largest absolute Gasteiger partial charge is 0.479 e. The van der Waals surface area contributed by atoms with Crippen molar-refractivity contribution in [2.24, 2.45) is 0 Å². The summed E-state index contributed by atoms with van der Waals surface area (Å²) in [5.74, 6) is 1.24. The minimum absolute atomic E-state index is 0.300. The third-order valence-electron chi connectivity index (χ3n) is 5.33. The second-order valence-electron chi connectivity index (χ2n) is 7.30. The highest BCUT2D eigenvalue weighted by atomic mass is 16.5. The average molecular weight is 431 g/mol. The molecule has 4 aromatic rings. The minimum atomic E-state index is -0.352. The normalized spacial score (nSPS) is 12.9. The van der Waals surface area contributed by atoms with E-state index in [2.05, 4.69) is 25.0 Å². The van der Waals surface area contributed by atoms with Gasteiger partial charge in [-0.3, -0.25) is 4.79 Å². The maximum absolute atomic E-state index is 13.1. The Morgan fingerprint density at radius 2 is 2.03 bits per heavy atom. The van der Waals surface area contributed by atoms with Crippen LogP contribution >= 0.6 is 0 Å². The molecule has 9 nitrogen and oxygen atoms in total. The molecule has 1 aliphatic heterocycles. The van der Waals surface area contributed by atoms with Gasteiger partial charge in [0.25, 0.3) is 5.91 Å². The standard InChI is InChI=1S/C23H21N5O4/c1-14-20(21(27-32-14)15-6-4-3-5-7-15)22(29)25-17-9-8-16(26-23(17)30-2)18-12-24-19-13-31-11-10-28(18)19/h3-9,12H,10-11,13H2,1-2H3,(H,25,29). The number of aromatic nitrogens is 4. The van der Waals surface area contributed by atoms with Crippen molar-refractivity contribution in [3.05, 3.63) is 65.8 Å². The second-order valence-corrected chi connectivity index (χ2v) is 7.30. The second kappa shape index (κ2) is 8.27. The Morgan fingerprint density at radius 3 is 2.84 bits per heavy atom. The lowest BCUT2D eigenvalue weighted by Crippen LogP contribution is -2.18. The van der Waals surface area contributed by atoms with Gasteiger partial charge in [-0.05, 0) is 19.1 Å². The van der Waals surface area contributed by atoms with Gasteiger partial charge in [-0.15, -0.1) is 0 Å². The Kier molecular flexibility index (Phi) is 5.16. The number of carbonyl (C=O) groups excluding carboxylic acids is 1. The summed E-state index contributed by atoms with van der Waals surface area (Å²) in [5, 5.41) is 6.96. The van der Waals surface area contributed by atoms with E-state index >= 15 is 0 Å². The van der Waals surface area contributed by atoms with E-state index in [9.17, 15) is 4.79 Å². The van der Waals surface area contributed by atoms with Crippen LogP contribution in [0.25, 0.3) is 22.6 Å². The molecule has 0 bridgehead atoms. The number of methoxy groups -OCH3 is 1. The molecular weight excluding hydrogens is 410 g/mol. The zero-order valence-electron chi connectivity index (χ0n) is 17.7. The van der Waals surface area contributed by atoms with E-state index in [1.54, 1.807) is 19.2 Å². The molecule has 32 heavy (non-hydrogen) atoms. The van der Waals surface area contributed by atoms with Gasteiger partial charge in [0.15, 0.2) is 0 Å². The third kappa shape index (κ3) is 3.52. The van der Waals surface area contributed by atoms with Crippen LogP contribution in [0.15, 0.2) is 53.2 Å². The number of nitrogens with one attached hydrogen (secondary N) is 1. The lowest BCUT2D eigenvalue weighted by Gasteiger charge is -2.17. The maximum Gasteiger partial charge on any atom is 0.261 e. The molecular formula is C23H21N5O4. The molecule has 0 saturated heterocycles. The summed E-state index contributed by atoms with van der Waals surface area (Å²) in [5.41, 5.74) is 3.67. The first-order valence-electron chi connectivity index (χ1n) is 10.2. The Morgan fingerprint density at radius 1 is 1.19 bits per heavy atom. The number of ether oxygens (including phenoxy) is 2. The summed E-state index contributed by atoms with van der Waals surface area (Å²) in [6.45, 7) is 3.53. The quantitative estimate of drug-likeness (QED) is 0.514. The van der Waals surface area contributed by atoms with Crippen LogP contribution in [0.2, 0.25) is 0 Å². The van der Waals surface area contributed by atoms with E-state index in [1.165, 1.54) is 7.11 Å². The van der Waals surface area contributed by atoms with Crippen molar-refractivity contribution in [3.8, 4) is 28.5 Å². The first kappa shape index (κ1) is 20.0. The lowest BCUT2D eigenvalue weighted by molar-refractivity contribution is 0.0821. The van der Waals surface area contributed by atoms with E-state index < -0.39 is 0 Å². The summed E-state index contributed by atoms with van der Waals surface area (Å²) in [4.78, 5) is 22.2. The molecule has 9 heteroatoms. The molecule has 0 atom stereocenters. The molecule has 162 valence electrons. The number of pyridine rings is 1. The topological polar surface area (TPSA) is 104 Å². The van der Waals surface area contributed by atoms with Crippen LogP contribution in [0.4, 0.5) is 5.69 Å². The van der Waals surface area contributed by atoms with Crippen LogP contribution in [-0.4, -0.2) is 39.3 Å². The Labute approximate surface area is 184 Å². The van der Waals surface area contributed by atoms with Gasteiger partial charge in [0.2, 0.25) is 5.88 Å². The highest BCUT2D eigenvalue weighted by Crippen LogP contribution is 2.30. The molecule has 4 heterocycles. The third-order valence-corrected chi connectivity index (χ3v) is 5.33. The van der Waals surface area contributed by atoms with E-state index in [0.717, 1.165) is 17.1 Å². The van der Waals surface area contributed by atoms with Gasteiger partial charge in [-0.25, -0.2) is 9.97 Å². The van der Waals surface area contributed by atoms with Crippen molar-refractivity contribution < 1.29 is 18.8 Å². The number of benzene rings is 1. The summed E-state index contributed by atoms with van der Waals surface area (Å²) in [6, 6.07) is 13.0. The monoisotopic (exact) mass is 431 g/mol. The predicted octanol–water partition coefficient (Wildman–Crippen LogP) is 3.70. The molecule has 1 aromatic carbocycles. The lowest BCUT2D eigenvalue weighted by atomic mass is 10.1. The van der Waals surface area contributed by atoms with Crippen LogP contribution in [0.3, 0.4) is 0 Å². The summed E-state index contributed by atoms with van der Waals surface area (Å²) < 4.78 is 18.3. The van der Waals surface area contributed by atoms with E-state index in [4.69, 9.17) is 14.0 Å². The number of anilines is 1. The van der Waals surface area contributed by atoms with Gasteiger partial charge in [0.05, 0.1) is 31.3 Å². The number of hydrogen-bond acceptors (Lipinski definition) is 7. The molecule has 5 rings (SSSR count). The highest BCUT2D eigenvalue weighted by Gasteiger charge is 2.23. The zero-order chi connectivity index (χ0) is 22.1. The van der Waals surface area contributed by atoms with Crippen LogP contribution < -0.4 is 10.1 Å². The van der Waals surface area contributed by atoms with E-state index in [-0.39, 0.29) is 5.91 Å². The van der Waals surface area contributed by atoms with Gasteiger partial charge >= 0.3 is 0 Å².